The third-order valence-electron chi connectivity index (χ3n) is 5.89. The van der Waals surface area contributed by atoms with Gasteiger partial charge in [-0.1, -0.05) is 44.5 Å². The van der Waals surface area contributed by atoms with Crippen molar-refractivity contribution in [2.75, 3.05) is 0 Å². The number of hydrogen-bond acceptors (Lipinski definition) is 2. The van der Waals surface area contributed by atoms with E-state index in [4.69, 9.17) is 0 Å². The number of phenolic OH excluding ortho intramolecular Hbond substituents is 2. The third kappa shape index (κ3) is 3.27. The minimum atomic E-state index is 0.0733. The number of aryl methyl sites for hydroxylation is 4. The van der Waals surface area contributed by atoms with Gasteiger partial charge in [0.05, 0.1) is 0 Å². The molecule has 2 aromatic carbocycles. The fourth-order valence-electron chi connectivity index (χ4n) is 4.10. The molecule has 0 unspecified atom stereocenters. The van der Waals surface area contributed by atoms with Crippen molar-refractivity contribution in [3.8, 4) is 11.5 Å². The summed E-state index contributed by atoms with van der Waals surface area (Å²) in [6.45, 7) is 8.24. The summed E-state index contributed by atoms with van der Waals surface area (Å²) < 4.78 is 0. The number of hydrogen-bond donors (Lipinski definition) is 2. The molecule has 1 saturated carbocycles. The Morgan fingerprint density at radius 1 is 0.840 bits per heavy atom. The lowest BCUT2D eigenvalue weighted by atomic mass is 9.69. The van der Waals surface area contributed by atoms with E-state index in [1.54, 1.807) is 0 Å². The zero-order chi connectivity index (χ0) is 18.1. The topological polar surface area (TPSA) is 40.5 Å². The first-order valence-corrected chi connectivity index (χ1v) is 9.61. The van der Waals surface area contributed by atoms with E-state index in [0.29, 0.717) is 17.4 Å². The van der Waals surface area contributed by atoms with Crippen LogP contribution >= 0.6 is 0 Å². The van der Waals surface area contributed by atoms with E-state index < -0.39 is 0 Å². The molecule has 2 nitrogen and oxygen atoms in total. The maximum Gasteiger partial charge on any atom is 0.122 e. The minimum absolute atomic E-state index is 0.0733. The van der Waals surface area contributed by atoms with E-state index in [0.717, 1.165) is 47.9 Å². The predicted molar refractivity (Wildman–Crippen MR) is 104 cm³/mol. The van der Waals surface area contributed by atoms with Gasteiger partial charge in [0.15, 0.2) is 0 Å². The lowest BCUT2D eigenvalue weighted by molar-refractivity contribution is 0.275. The Labute approximate surface area is 151 Å². The zero-order valence-electron chi connectivity index (χ0n) is 15.9. The first kappa shape index (κ1) is 17.8. The molecule has 0 bridgehead atoms. The highest BCUT2D eigenvalue weighted by atomic mass is 16.3. The fourth-order valence-corrected chi connectivity index (χ4v) is 4.10. The monoisotopic (exact) mass is 338 g/mol. The Morgan fingerprint density at radius 2 is 1.28 bits per heavy atom. The lowest BCUT2D eigenvalue weighted by Crippen LogP contribution is -2.22. The van der Waals surface area contributed by atoms with Gasteiger partial charge in [-0.3, -0.25) is 0 Å². The average Bonchev–Trinajstić information content (AvgIpc) is 2.56. The number of phenols is 2. The SMILES string of the molecule is CCc1cc(C)c(O)c(C(c2cc(CC)cc(C)c2O)C2CCC2)c1. The standard InChI is InChI=1S/C23H30O2/c1-5-16-10-14(3)22(24)19(12-16)21(18-8-7-9-18)20-13-17(6-2)11-15(4)23(20)25/h10-13,18,21,24-25H,5-9H2,1-4H3. The molecule has 0 radical (unpaired) electrons. The van der Waals surface area contributed by atoms with Crippen LogP contribution in [0.25, 0.3) is 0 Å². The van der Waals surface area contributed by atoms with Crippen molar-refractivity contribution in [3.05, 3.63) is 57.6 Å². The van der Waals surface area contributed by atoms with Crippen molar-refractivity contribution in [2.24, 2.45) is 5.92 Å². The summed E-state index contributed by atoms with van der Waals surface area (Å²) in [6.07, 6.45) is 5.46. The maximum atomic E-state index is 10.8. The molecule has 2 heteroatoms. The van der Waals surface area contributed by atoms with Crippen molar-refractivity contribution in [2.45, 2.75) is 65.7 Å². The van der Waals surface area contributed by atoms with Crippen LogP contribution in [0, 0.1) is 19.8 Å². The van der Waals surface area contributed by atoms with Gasteiger partial charge in [-0.2, -0.15) is 0 Å². The van der Waals surface area contributed by atoms with Crippen LogP contribution in [0.15, 0.2) is 24.3 Å². The molecule has 25 heavy (non-hydrogen) atoms. The molecule has 0 aliphatic heterocycles. The van der Waals surface area contributed by atoms with E-state index >= 15 is 0 Å². The smallest absolute Gasteiger partial charge is 0.122 e. The van der Waals surface area contributed by atoms with E-state index in [-0.39, 0.29) is 5.92 Å². The van der Waals surface area contributed by atoms with Crippen molar-refractivity contribution in [1.82, 2.24) is 0 Å². The molecule has 2 N–H and O–H groups in total. The largest absolute Gasteiger partial charge is 0.507 e. The van der Waals surface area contributed by atoms with Crippen LogP contribution < -0.4 is 0 Å². The molecule has 1 aliphatic carbocycles. The molecule has 1 fully saturated rings. The van der Waals surface area contributed by atoms with E-state index in [2.05, 4.69) is 38.1 Å². The molecule has 0 heterocycles. The molecule has 3 rings (SSSR count). The van der Waals surface area contributed by atoms with Crippen molar-refractivity contribution >= 4 is 0 Å². The second kappa shape index (κ2) is 7.11. The summed E-state index contributed by atoms with van der Waals surface area (Å²) in [7, 11) is 0. The first-order chi connectivity index (χ1) is 12.0. The predicted octanol–water partition coefficient (Wildman–Crippen LogP) is 5.77. The van der Waals surface area contributed by atoms with Gasteiger partial charge in [0.2, 0.25) is 0 Å². The van der Waals surface area contributed by atoms with Crippen LogP contribution in [-0.4, -0.2) is 10.2 Å². The summed E-state index contributed by atoms with van der Waals surface area (Å²) in [4.78, 5) is 0. The molecule has 0 saturated heterocycles. The van der Waals surface area contributed by atoms with Crippen LogP contribution in [0.5, 0.6) is 11.5 Å². The Bertz CT molecular complexity index is 713. The number of rotatable bonds is 5. The van der Waals surface area contributed by atoms with Crippen molar-refractivity contribution in [3.63, 3.8) is 0 Å². The lowest BCUT2D eigenvalue weighted by Gasteiger charge is -2.36. The zero-order valence-corrected chi connectivity index (χ0v) is 15.9. The van der Waals surface area contributed by atoms with Crippen LogP contribution in [0.1, 0.15) is 72.4 Å². The molecular formula is C23H30O2. The molecule has 0 aromatic heterocycles. The second-order valence-corrected chi connectivity index (χ2v) is 7.58. The van der Waals surface area contributed by atoms with Crippen LogP contribution in [-0.2, 0) is 12.8 Å². The van der Waals surface area contributed by atoms with Gasteiger partial charge in [0.25, 0.3) is 0 Å². The summed E-state index contributed by atoms with van der Waals surface area (Å²) in [6, 6.07) is 8.45. The van der Waals surface area contributed by atoms with Crippen molar-refractivity contribution in [1.29, 1.82) is 0 Å². The molecule has 0 atom stereocenters. The highest BCUT2D eigenvalue weighted by Crippen LogP contribution is 2.49. The summed E-state index contributed by atoms with van der Waals surface area (Å²) >= 11 is 0. The van der Waals surface area contributed by atoms with Gasteiger partial charge < -0.3 is 10.2 Å². The normalized spacial score (nSPS) is 14.8. The maximum absolute atomic E-state index is 10.8. The Kier molecular flexibility index (Phi) is 5.08. The highest BCUT2D eigenvalue weighted by molar-refractivity contribution is 5.54. The minimum Gasteiger partial charge on any atom is -0.507 e. The quantitative estimate of drug-likeness (QED) is 0.726. The molecule has 0 spiro atoms. The Hall–Kier alpha value is -1.96. The van der Waals surface area contributed by atoms with Crippen LogP contribution in [0.3, 0.4) is 0 Å². The summed E-state index contributed by atoms with van der Waals surface area (Å²) in [5, 5.41) is 21.6. The average molecular weight is 338 g/mol. The Morgan fingerprint density at radius 3 is 1.60 bits per heavy atom. The molecule has 134 valence electrons. The first-order valence-electron chi connectivity index (χ1n) is 9.61. The third-order valence-corrected chi connectivity index (χ3v) is 5.89. The molecular weight excluding hydrogens is 308 g/mol. The van der Waals surface area contributed by atoms with Gasteiger partial charge in [-0.05, 0) is 67.7 Å². The molecule has 1 aliphatic rings. The van der Waals surface area contributed by atoms with E-state index in [1.807, 2.05) is 13.8 Å². The van der Waals surface area contributed by atoms with Gasteiger partial charge in [0, 0.05) is 17.0 Å². The Balaban J connectivity index is 2.21. The summed E-state index contributed by atoms with van der Waals surface area (Å²) in [5.41, 5.74) is 6.34. The van der Waals surface area contributed by atoms with Crippen LogP contribution in [0.2, 0.25) is 0 Å². The van der Waals surface area contributed by atoms with Crippen LogP contribution in [0.4, 0.5) is 0 Å². The van der Waals surface area contributed by atoms with Gasteiger partial charge in [-0.25, -0.2) is 0 Å². The molecule has 2 aromatic rings. The van der Waals surface area contributed by atoms with Crippen molar-refractivity contribution < 1.29 is 10.2 Å². The van der Waals surface area contributed by atoms with E-state index in [1.165, 1.54) is 17.5 Å². The second-order valence-electron chi connectivity index (χ2n) is 7.58. The summed E-state index contributed by atoms with van der Waals surface area (Å²) in [5.74, 6) is 1.36. The highest BCUT2D eigenvalue weighted by Gasteiger charge is 2.34. The molecule has 0 amide bonds. The van der Waals surface area contributed by atoms with Gasteiger partial charge in [0.1, 0.15) is 11.5 Å². The number of benzene rings is 2. The van der Waals surface area contributed by atoms with Gasteiger partial charge >= 0.3 is 0 Å². The number of aromatic hydroxyl groups is 2. The van der Waals surface area contributed by atoms with E-state index in [9.17, 15) is 10.2 Å². The fraction of sp³-hybridized carbons (Fsp3) is 0.478. The van der Waals surface area contributed by atoms with Gasteiger partial charge in [-0.15, -0.1) is 0 Å².